The van der Waals surface area contributed by atoms with Crippen LogP contribution in [0, 0.1) is 0 Å². The average Bonchev–Trinajstić information content (AvgIpc) is 2.78. The second kappa shape index (κ2) is 8.61. The van der Waals surface area contributed by atoms with Crippen LogP contribution in [0.5, 0.6) is 17.2 Å². The van der Waals surface area contributed by atoms with Gasteiger partial charge in [-0.25, -0.2) is 0 Å². The molecule has 1 spiro atoms. The first-order valence-corrected chi connectivity index (χ1v) is 10.8. The summed E-state index contributed by atoms with van der Waals surface area (Å²) < 4.78 is 17.2. The Labute approximate surface area is 183 Å². The molecular weight excluding hydrogens is 394 g/mol. The fraction of sp³-hybridized carbons (Fsp3) is 0.440. The van der Waals surface area contributed by atoms with Crippen molar-refractivity contribution in [1.82, 2.24) is 4.90 Å². The molecule has 0 saturated carbocycles. The third kappa shape index (κ3) is 4.53. The lowest BCUT2D eigenvalue weighted by molar-refractivity contribution is -0.136. The van der Waals surface area contributed by atoms with Gasteiger partial charge in [-0.05, 0) is 41.8 Å². The number of hydrogen-bond donors (Lipinski definition) is 0. The molecule has 1 fully saturated rings. The first kappa shape index (κ1) is 21.2. The highest BCUT2D eigenvalue weighted by molar-refractivity contribution is 6.00. The van der Waals surface area contributed by atoms with Crippen molar-refractivity contribution >= 4 is 11.7 Å². The maximum atomic E-state index is 12.7. The van der Waals surface area contributed by atoms with Crippen molar-refractivity contribution in [2.75, 3.05) is 26.8 Å². The lowest BCUT2D eigenvalue weighted by atomic mass is 9.82. The van der Waals surface area contributed by atoms with E-state index in [1.165, 1.54) is 5.56 Å². The monoisotopic (exact) mass is 423 g/mol. The molecule has 6 nitrogen and oxygen atoms in total. The molecule has 31 heavy (non-hydrogen) atoms. The molecule has 0 aromatic heterocycles. The zero-order chi connectivity index (χ0) is 22.0. The third-order valence-electron chi connectivity index (χ3n) is 6.21. The van der Waals surface area contributed by atoms with Gasteiger partial charge in [-0.15, -0.1) is 0 Å². The Hall–Kier alpha value is -3.02. The zero-order valence-electron chi connectivity index (χ0n) is 18.3. The van der Waals surface area contributed by atoms with Crippen LogP contribution in [0.3, 0.4) is 0 Å². The fourth-order valence-electron chi connectivity index (χ4n) is 4.24. The summed E-state index contributed by atoms with van der Waals surface area (Å²) in [6.45, 7) is 5.36. The van der Waals surface area contributed by atoms with Crippen LogP contribution in [0.4, 0.5) is 0 Å². The number of likely N-dealkylation sites (tertiary alicyclic amines) is 1. The molecule has 2 aromatic rings. The summed E-state index contributed by atoms with van der Waals surface area (Å²) in [5.74, 6) is 2.38. The second-order valence-electron chi connectivity index (χ2n) is 8.64. The van der Waals surface area contributed by atoms with E-state index in [-0.39, 0.29) is 18.3 Å². The van der Waals surface area contributed by atoms with Crippen molar-refractivity contribution in [3.63, 3.8) is 0 Å². The van der Waals surface area contributed by atoms with E-state index in [9.17, 15) is 9.59 Å². The predicted molar refractivity (Wildman–Crippen MR) is 117 cm³/mol. The highest BCUT2D eigenvalue weighted by Gasteiger charge is 2.43. The van der Waals surface area contributed by atoms with E-state index < -0.39 is 5.60 Å². The number of rotatable bonds is 5. The van der Waals surface area contributed by atoms with E-state index >= 15 is 0 Å². The number of methoxy groups -OCH3 is 1. The Morgan fingerprint density at radius 1 is 1.13 bits per heavy atom. The molecule has 0 aliphatic carbocycles. The number of amides is 1. The van der Waals surface area contributed by atoms with Gasteiger partial charge < -0.3 is 19.1 Å². The number of ketones is 1. The Balaban J connectivity index is 1.34. The predicted octanol–water partition coefficient (Wildman–Crippen LogP) is 4.22. The summed E-state index contributed by atoms with van der Waals surface area (Å²) in [6.07, 6.45) is 1.57. The molecule has 164 valence electrons. The van der Waals surface area contributed by atoms with E-state index in [1.54, 1.807) is 30.2 Å². The first-order valence-electron chi connectivity index (χ1n) is 10.8. The number of benzene rings is 2. The molecule has 1 amide bonds. The number of nitrogens with zero attached hydrogens (tertiary/aromatic N) is 1. The van der Waals surface area contributed by atoms with Crippen LogP contribution in [-0.2, 0) is 4.79 Å². The number of carbonyl (C=O) groups excluding carboxylic acids is 2. The van der Waals surface area contributed by atoms with Gasteiger partial charge in [-0.1, -0.05) is 26.0 Å². The van der Waals surface area contributed by atoms with Gasteiger partial charge in [-0.2, -0.15) is 0 Å². The van der Waals surface area contributed by atoms with E-state index in [0.29, 0.717) is 61.1 Å². The number of hydrogen-bond acceptors (Lipinski definition) is 5. The Kier molecular flexibility index (Phi) is 5.90. The fourth-order valence-corrected chi connectivity index (χ4v) is 4.24. The number of fused-ring (bicyclic) bond motifs is 1. The average molecular weight is 424 g/mol. The molecule has 1 saturated heterocycles. The Morgan fingerprint density at radius 2 is 1.90 bits per heavy atom. The van der Waals surface area contributed by atoms with Crippen molar-refractivity contribution in [1.29, 1.82) is 0 Å². The smallest absolute Gasteiger partial charge is 0.260 e. The minimum Gasteiger partial charge on any atom is -0.497 e. The summed E-state index contributed by atoms with van der Waals surface area (Å²) in [7, 11) is 1.58. The molecule has 2 aromatic carbocycles. The molecule has 0 N–H and O–H groups in total. The van der Waals surface area contributed by atoms with Crippen LogP contribution in [0.25, 0.3) is 0 Å². The van der Waals surface area contributed by atoms with Gasteiger partial charge in [0.2, 0.25) is 0 Å². The summed E-state index contributed by atoms with van der Waals surface area (Å²) in [4.78, 5) is 27.2. The van der Waals surface area contributed by atoms with Crippen molar-refractivity contribution in [2.45, 2.75) is 44.6 Å². The van der Waals surface area contributed by atoms with Gasteiger partial charge in [-0.3, -0.25) is 9.59 Å². The van der Waals surface area contributed by atoms with Crippen LogP contribution in [0.15, 0.2) is 42.5 Å². The van der Waals surface area contributed by atoms with Crippen molar-refractivity contribution < 1.29 is 23.8 Å². The highest BCUT2D eigenvalue weighted by atomic mass is 16.5. The molecule has 0 atom stereocenters. The van der Waals surface area contributed by atoms with E-state index in [1.807, 2.05) is 18.2 Å². The number of Topliss-reactive ketones (excluding diaryl/α,β-unsaturated/α-hetero) is 1. The Bertz CT molecular complexity index is 976. The first-order chi connectivity index (χ1) is 14.9. The molecule has 6 heteroatoms. The van der Waals surface area contributed by atoms with Crippen molar-refractivity contribution in [3.8, 4) is 17.2 Å². The molecule has 0 bridgehead atoms. The van der Waals surface area contributed by atoms with Gasteiger partial charge in [0.25, 0.3) is 5.91 Å². The lowest BCUT2D eigenvalue weighted by Gasteiger charge is -2.43. The van der Waals surface area contributed by atoms with Gasteiger partial charge in [0, 0.05) is 25.9 Å². The third-order valence-corrected chi connectivity index (χ3v) is 6.21. The minimum atomic E-state index is -0.540. The SMILES string of the molecule is COc1ccc2c(c1)C(=O)CC1(CCN(C(=O)COc3cccc(C(C)C)c3)CC1)O2. The Morgan fingerprint density at radius 3 is 2.61 bits per heavy atom. The van der Waals surface area contributed by atoms with Gasteiger partial charge in [0.05, 0.1) is 19.1 Å². The molecule has 0 radical (unpaired) electrons. The van der Waals surface area contributed by atoms with Gasteiger partial charge >= 0.3 is 0 Å². The molecule has 4 rings (SSSR count). The molecular formula is C25H29NO5. The van der Waals surface area contributed by atoms with Crippen LogP contribution >= 0.6 is 0 Å². The molecule has 2 heterocycles. The maximum Gasteiger partial charge on any atom is 0.260 e. The van der Waals surface area contributed by atoms with Crippen molar-refractivity contribution in [2.24, 2.45) is 0 Å². The molecule has 0 unspecified atom stereocenters. The molecule has 2 aliphatic heterocycles. The summed E-state index contributed by atoms with van der Waals surface area (Å²) >= 11 is 0. The van der Waals surface area contributed by atoms with E-state index in [0.717, 1.165) is 0 Å². The summed E-state index contributed by atoms with van der Waals surface area (Å²) in [5.41, 5.74) is 1.21. The zero-order valence-corrected chi connectivity index (χ0v) is 18.3. The van der Waals surface area contributed by atoms with E-state index in [2.05, 4.69) is 19.9 Å². The largest absolute Gasteiger partial charge is 0.497 e. The highest BCUT2D eigenvalue weighted by Crippen LogP contribution is 2.40. The second-order valence-corrected chi connectivity index (χ2v) is 8.64. The number of ether oxygens (including phenoxy) is 3. The van der Waals surface area contributed by atoms with Crippen molar-refractivity contribution in [3.05, 3.63) is 53.6 Å². The maximum absolute atomic E-state index is 12.7. The van der Waals surface area contributed by atoms with Crippen LogP contribution in [0.1, 0.15) is 54.9 Å². The van der Waals surface area contributed by atoms with Crippen LogP contribution < -0.4 is 14.2 Å². The number of carbonyl (C=O) groups is 2. The summed E-state index contributed by atoms with van der Waals surface area (Å²) in [6, 6.07) is 13.2. The van der Waals surface area contributed by atoms with Gasteiger partial charge in [0.15, 0.2) is 12.4 Å². The van der Waals surface area contributed by atoms with Gasteiger partial charge in [0.1, 0.15) is 22.8 Å². The molecule has 2 aliphatic rings. The quantitative estimate of drug-likeness (QED) is 0.720. The van der Waals surface area contributed by atoms with Crippen LogP contribution in [-0.4, -0.2) is 49.0 Å². The van der Waals surface area contributed by atoms with Crippen LogP contribution in [0.2, 0.25) is 0 Å². The minimum absolute atomic E-state index is 0.0109. The normalized spacial score (nSPS) is 17.3. The standard InChI is InChI=1S/C25H29NO5/c1-17(2)18-5-4-6-20(13-18)30-16-24(28)26-11-9-25(10-12-26)15-22(27)21-14-19(29-3)7-8-23(21)31-25/h4-8,13-14,17H,9-12,15-16H2,1-3H3. The number of piperidine rings is 1. The lowest BCUT2D eigenvalue weighted by Crippen LogP contribution is -2.53. The van der Waals surface area contributed by atoms with E-state index in [4.69, 9.17) is 14.2 Å². The summed E-state index contributed by atoms with van der Waals surface area (Å²) in [5, 5.41) is 0. The topological polar surface area (TPSA) is 65.1 Å².